The van der Waals surface area contributed by atoms with Gasteiger partial charge in [-0.3, -0.25) is 4.79 Å². The maximum absolute atomic E-state index is 12.2. The van der Waals surface area contributed by atoms with E-state index in [4.69, 9.17) is 25.8 Å². The minimum atomic E-state index is -0.782. The standard InChI is InChI=1S/C26H23ClN2O5/c1-18(33-22-10-6-9-21(27)16-22)26(31)29-28-17-20-11-13-23(24(15-20)32-2)34-25(30)14-12-19-7-4-3-5-8-19/h3-18H,1-2H3,(H,29,31)/b14-12+,28-17-/t18-/m0/s1. The lowest BCUT2D eigenvalue weighted by Gasteiger charge is -2.13. The average Bonchev–Trinajstić information content (AvgIpc) is 2.84. The zero-order valence-electron chi connectivity index (χ0n) is 18.6. The van der Waals surface area contributed by atoms with Crippen LogP contribution < -0.4 is 19.6 Å². The minimum absolute atomic E-state index is 0.259. The fraction of sp³-hybridized carbons (Fsp3) is 0.115. The molecule has 0 aliphatic carbocycles. The second kappa shape index (κ2) is 12.2. The smallest absolute Gasteiger partial charge is 0.336 e. The maximum Gasteiger partial charge on any atom is 0.336 e. The van der Waals surface area contributed by atoms with Crippen molar-refractivity contribution in [3.8, 4) is 17.2 Å². The van der Waals surface area contributed by atoms with Gasteiger partial charge in [-0.25, -0.2) is 10.2 Å². The highest BCUT2D eigenvalue weighted by molar-refractivity contribution is 6.30. The molecule has 34 heavy (non-hydrogen) atoms. The molecule has 0 saturated carbocycles. The van der Waals surface area contributed by atoms with Crippen LogP contribution in [-0.4, -0.2) is 31.3 Å². The summed E-state index contributed by atoms with van der Waals surface area (Å²) >= 11 is 5.92. The van der Waals surface area contributed by atoms with Gasteiger partial charge in [0.05, 0.1) is 13.3 Å². The lowest BCUT2D eigenvalue weighted by atomic mass is 10.2. The Hall–Kier alpha value is -4.10. The van der Waals surface area contributed by atoms with Crippen LogP contribution in [-0.2, 0) is 9.59 Å². The van der Waals surface area contributed by atoms with Crippen LogP contribution in [0.5, 0.6) is 17.2 Å². The number of rotatable bonds is 9. The van der Waals surface area contributed by atoms with E-state index < -0.39 is 18.0 Å². The van der Waals surface area contributed by atoms with E-state index >= 15 is 0 Å². The molecule has 0 radical (unpaired) electrons. The first-order valence-corrected chi connectivity index (χ1v) is 10.7. The second-order valence-corrected chi connectivity index (χ2v) is 7.46. The number of nitrogens with zero attached hydrogens (tertiary/aromatic N) is 1. The van der Waals surface area contributed by atoms with Gasteiger partial charge >= 0.3 is 5.97 Å². The molecule has 1 N–H and O–H groups in total. The van der Waals surface area contributed by atoms with Gasteiger partial charge in [0, 0.05) is 11.1 Å². The summed E-state index contributed by atoms with van der Waals surface area (Å²) in [6, 6.07) is 21.1. The molecule has 7 nitrogen and oxygen atoms in total. The number of benzene rings is 3. The highest BCUT2D eigenvalue weighted by Crippen LogP contribution is 2.28. The molecule has 174 valence electrons. The van der Waals surface area contributed by atoms with E-state index in [1.165, 1.54) is 19.4 Å². The molecular formula is C26H23ClN2O5. The van der Waals surface area contributed by atoms with Crippen LogP contribution in [0.25, 0.3) is 6.08 Å². The highest BCUT2D eigenvalue weighted by atomic mass is 35.5. The zero-order chi connectivity index (χ0) is 24.3. The number of ether oxygens (including phenoxy) is 3. The largest absolute Gasteiger partial charge is 0.493 e. The number of hydrogen-bond donors (Lipinski definition) is 1. The predicted octanol–water partition coefficient (Wildman–Crippen LogP) is 4.89. The Kier molecular flexibility index (Phi) is 8.82. The number of methoxy groups -OCH3 is 1. The molecule has 0 bridgehead atoms. The Morgan fingerprint density at radius 1 is 0.971 bits per heavy atom. The number of nitrogens with one attached hydrogen (secondary N) is 1. The second-order valence-electron chi connectivity index (χ2n) is 7.03. The van der Waals surface area contributed by atoms with Crippen LogP contribution in [0.4, 0.5) is 0 Å². The highest BCUT2D eigenvalue weighted by Gasteiger charge is 2.14. The summed E-state index contributed by atoms with van der Waals surface area (Å²) in [5.74, 6) is 0.112. The van der Waals surface area contributed by atoms with E-state index in [0.717, 1.165) is 5.56 Å². The first-order valence-electron chi connectivity index (χ1n) is 10.3. The first kappa shape index (κ1) is 24.5. The van der Waals surface area contributed by atoms with Crippen molar-refractivity contribution in [1.82, 2.24) is 5.43 Å². The number of hydrogen-bond acceptors (Lipinski definition) is 6. The van der Waals surface area contributed by atoms with Gasteiger partial charge in [0.2, 0.25) is 0 Å². The molecule has 0 aliphatic rings. The van der Waals surface area contributed by atoms with E-state index in [1.54, 1.807) is 55.5 Å². The normalized spacial score (nSPS) is 11.9. The molecule has 3 aromatic carbocycles. The molecule has 1 atom stereocenters. The minimum Gasteiger partial charge on any atom is -0.493 e. The molecule has 8 heteroatoms. The Morgan fingerprint density at radius 3 is 2.50 bits per heavy atom. The Labute approximate surface area is 202 Å². The third kappa shape index (κ3) is 7.50. The van der Waals surface area contributed by atoms with Crippen molar-refractivity contribution in [2.24, 2.45) is 5.10 Å². The molecule has 0 fully saturated rings. The fourth-order valence-electron chi connectivity index (χ4n) is 2.78. The van der Waals surface area contributed by atoms with Crippen LogP contribution in [0.15, 0.2) is 84.0 Å². The summed E-state index contributed by atoms with van der Waals surface area (Å²) in [4.78, 5) is 24.4. The Balaban J connectivity index is 1.56. The summed E-state index contributed by atoms with van der Waals surface area (Å²) in [7, 11) is 1.46. The summed E-state index contributed by atoms with van der Waals surface area (Å²) in [6.45, 7) is 1.60. The van der Waals surface area contributed by atoms with Crippen LogP contribution in [0.1, 0.15) is 18.1 Å². The third-order valence-electron chi connectivity index (χ3n) is 4.48. The third-order valence-corrected chi connectivity index (χ3v) is 4.71. The van der Waals surface area contributed by atoms with E-state index in [1.807, 2.05) is 30.3 Å². The van der Waals surface area contributed by atoms with Crippen molar-refractivity contribution in [3.05, 3.63) is 95.0 Å². The lowest BCUT2D eigenvalue weighted by Crippen LogP contribution is -2.33. The summed E-state index contributed by atoms with van der Waals surface area (Å²) in [5.41, 5.74) is 3.93. The van der Waals surface area contributed by atoms with E-state index in [-0.39, 0.29) is 5.75 Å². The van der Waals surface area contributed by atoms with Gasteiger partial charge in [-0.1, -0.05) is 48.0 Å². The van der Waals surface area contributed by atoms with Gasteiger partial charge < -0.3 is 14.2 Å². The molecule has 0 saturated heterocycles. The summed E-state index contributed by atoms with van der Waals surface area (Å²) in [5, 5.41) is 4.46. The molecule has 0 spiro atoms. The van der Waals surface area contributed by atoms with Crippen molar-refractivity contribution in [3.63, 3.8) is 0 Å². The van der Waals surface area contributed by atoms with Crippen molar-refractivity contribution < 1.29 is 23.8 Å². The van der Waals surface area contributed by atoms with Crippen LogP contribution in [0.2, 0.25) is 5.02 Å². The number of hydrazone groups is 1. The molecule has 0 heterocycles. The quantitative estimate of drug-likeness (QED) is 0.156. The number of amides is 1. The molecule has 3 rings (SSSR count). The van der Waals surface area contributed by atoms with Crippen LogP contribution in [0, 0.1) is 0 Å². The van der Waals surface area contributed by atoms with E-state index in [9.17, 15) is 9.59 Å². The number of esters is 1. The number of halogens is 1. The molecule has 3 aromatic rings. The van der Waals surface area contributed by atoms with Crippen molar-refractivity contribution in [2.45, 2.75) is 13.0 Å². The zero-order valence-corrected chi connectivity index (χ0v) is 19.4. The van der Waals surface area contributed by atoms with Gasteiger partial charge in [-0.15, -0.1) is 0 Å². The molecule has 0 aromatic heterocycles. The average molecular weight is 479 g/mol. The van der Waals surface area contributed by atoms with Gasteiger partial charge in [-0.2, -0.15) is 5.10 Å². The number of carbonyl (C=O) groups is 2. The van der Waals surface area contributed by atoms with Gasteiger partial charge in [-0.05, 0) is 60.5 Å². The van der Waals surface area contributed by atoms with Crippen molar-refractivity contribution in [1.29, 1.82) is 0 Å². The van der Waals surface area contributed by atoms with Crippen LogP contribution >= 0.6 is 11.6 Å². The lowest BCUT2D eigenvalue weighted by molar-refractivity contribution is -0.129. The first-order chi connectivity index (χ1) is 16.4. The SMILES string of the molecule is COc1cc(/C=N\NC(=O)[C@H](C)Oc2cccc(Cl)c2)ccc1OC(=O)/C=C/c1ccccc1. The topological polar surface area (TPSA) is 86.2 Å². The Morgan fingerprint density at radius 2 is 1.76 bits per heavy atom. The molecule has 0 aliphatic heterocycles. The Bertz CT molecular complexity index is 1190. The molecule has 1 amide bonds. The van der Waals surface area contributed by atoms with Gasteiger partial charge in [0.15, 0.2) is 17.6 Å². The maximum atomic E-state index is 12.2. The van der Waals surface area contributed by atoms with Crippen LogP contribution in [0.3, 0.4) is 0 Å². The predicted molar refractivity (Wildman–Crippen MR) is 131 cm³/mol. The van der Waals surface area contributed by atoms with Gasteiger partial charge in [0.25, 0.3) is 5.91 Å². The summed E-state index contributed by atoms with van der Waals surface area (Å²) < 4.78 is 16.2. The fourth-order valence-corrected chi connectivity index (χ4v) is 2.96. The number of carbonyl (C=O) groups excluding carboxylic acids is 2. The van der Waals surface area contributed by atoms with Crippen molar-refractivity contribution >= 4 is 35.8 Å². The van der Waals surface area contributed by atoms with Crippen molar-refractivity contribution in [2.75, 3.05) is 7.11 Å². The summed E-state index contributed by atoms with van der Waals surface area (Å²) in [6.07, 6.45) is 3.66. The monoisotopic (exact) mass is 478 g/mol. The van der Waals surface area contributed by atoms with E-state index in [2.05, 4.69) is 10.5 Å². The van der Waals surface area contributed by atoms with E-state index in [0.29, 0.717) is 22.1 Å². The van der Waals surface area contributed by atoms with Gasteiger partial charge in [0.1, 0.15) is 5.75 Å². The molecule has 0 unspecified atom stereocenters. The molecular weight excluding hydrogens is 456 g/mol.